The van der Waals surface area contributed by atoms with Crippen molar-refractivity contribution >= 4 is 48.5 Å². The SMILES string of the molecule is O=C(Nc1ccc(S(=O)(=O)F)cc1)Nc1c(O)ccc2cccc(S(=O)(=O)O)c12. The summed E-state index contributed by atoms with van der Waals surface area (Å²) in [5.41, 5.74) is -0.166. The minimum absolute atomic E-state index is 0.102. The van der Waals surface area contributed by atoms with Gasteiger partial charge in [0.15, 0.2) is 0 Å². The van der Waals surface area contributed by atoms with Crippen molar-refractivity contribution in [2.24, 2.45) is 0 Å². The number of aromatic hydroxyl groups is 1. The number of phenolic OH excluding ortho intramolecular Hbond substituents is 1. The number of carbonyl (C=O) groups is 1. The molecule has 9 nitrogen and oxygen atoms in total. The first-order chi connectivity index (χ1) is 13.5. The molecule has 0 saturated heterocycles. The largest absolute Gasteiger partial charge is 0.506 e. The van der Waals surface area contributed by atoms with Crippen LogP contribution in [0.3, 0.4) is 0 Å². The van der Waals surface area contributed by atoms with E-state index in [1.54, 1.807) is 0 Å². The molecule has 3 aromatic rings. The minimum Gasteiger partial charge on any atom is -0.506 e. The molecule has 12 heteroatoms. The predicted molar refractivity (Wildman–Crippen MR) is 103 cm³/mol. The molecule has 0 bridgehead atoms. The van der Waals surface area contributed by atoms with Gasteiger partial charge in [-0.15, -0.1) is 3.89 Å². The highest BCUT2D eigenvalue weighted by Crippen LogP contribution is 2.36. The van der Waals surface area contributed by atoms with E-state index in [1.807, 2.05) is 0 Å². The molecule has 3 rings (SSSR count). The maximum atomic E-state index is 12.9. The standard InChI is InChI=1S/C17H13FN2O7S2/c18-28(23,24)12-7-5-11(6-8-12)19-17(22)20-16-13(21)9-4-10-2-1-3-14(15(10)16)29(25,26)27/h1-9,21H,(H2,19,20,22)(H,25,26,27). The second-order valence-electron chi connectivity index (χ2n) is 5.83. The lowest BCUT2D eigenvalue weighted by molar-refractivity contribution is 0.262. The summed E-state index contributed by atoms with van der Waals surface area (Å²) in [6.07, 6.45) is 0. The zero-order valence-corrected chi connectivity index (χ0v) is 16.0. The van der Waals surface area contributed by atoms with E-state index in [1.165, 1.54) is 24.3 Å². The highest BCUT2D eigenvalue weighted by Gasteiger charge is 2.20. The summed E-state index contributed by atoms with van der Waals surface area (Å²) in [5.74, 6) is -0.456. The van der Waals surface area contributed by atoms with Crippen LogP contribution in [0, 0.1) is 0 Å². The molecule has 0 heterocycles. The van der Waals surface area contributed by atoms with E-state index in [-0.39, 0.29) is 16.8 Å². The van der Waals surface area contributed by atoms with Crippen LogP contribution >= 0.6 is 0 Å². The van der Waals surface area contributed by atoms with Gasteiger partial charge >= 0.3 is 16.3 Å². The second-order valence-corrected chi connectivity index (χ2v) is 8.57. The normalized spacial score (nSPS) is 11.9. The van der Waals surface area contributed by atoms with E-state index < -0.39 is 41.9 Å². The van der Waals surface area contributed by atoms with Crippen molar-refractivity contribution in [3.05, 3.63) is 54.6 Å². The van der Waals surface area contributed by atoms with Crippen LogP contribution in [0.2, 0.25) is 0 Å². The van der Waals surface area contributed by atoms with E-state index >= 15 is 0 Å². The lowest BCUT2D eigenvalue weighted by Crippen LogP contribution is -2.20. The van der Waals surface area contributed by atoms with Gasteiger partial charge in [0, 0.05) is 11.1 Å². The third-order valence-electron chi connectivity index (χ3n) is 3.90. The molecule has 3 aromatic carbocycles. The van der Waals surface area contributed by atoms with Crippen LogP contribution in [-0.4, -0.2) is 32.5 Å². The number of hydrogen-bond donors (Lipinski definition) is 4. The number of hydrogen-bond acceptors (Lipinski definition) is 6. The number of urea groups is 1. The summed E-state index contributed by atoms with van der Waals surface area (Å²) in [4.78, 5) is 11.2. The molecule has 0 aliphatic rings. The quantitative estimate of drug-likeness (QED) is 0.277. The molecule has 0 radical (unpaired) electrons. The first kappa shape index (κ1) is 20.5. The van der Waals surface area contributed by atoms with Gasteiger partial charge in [-0.25, -0.2) is 4.79 Å². The van der Waals surface area contributed by atoms with E-state index in [0.29, 0.717) is 5.39 Å². The van der Waals surface area contributed by atoms with Crippen molar-refractivity contribution in [2.45, 2.75) is 9.79 Å². The van der Waals surface area contributed by atoms with Crippen LogP contribution in [0.4, 0.5) is 20.1 Å². The topological polar surface area (TPSA) is 150 Å². The Hall–Kier alpha value is -3.22. The summed E-state index contributed by atoms with van der Waals surface area (Å²) < 4.78 is 67.3. The third-order valence-corrected chi connectivity index (χ3v) is 5.63. The number of halogens is 1. The number of nitrogens with one attached hydrogen (secondary N) is 2. The van der Waals surface area contributed by atoms with Gasteiger partial charge in [-0.3, -0.25) is 4.55 Å². The van der Waals surface area contributed by atoms with E-state index in [9.17, 15) is 35.2 Å². The number of amides is 2. The molecule has 152 valence electrons. The van der Waals surface area contributed by atoms with Crippen molar-refractivity contribution in [3.8, 4) is 5.75 Å². The maximum Gasteiger partial charge on any atom is 0.332 e. The summed E-state index contributed by atoms with van der Waals surface area (Å²) in [6.45, 7) is 0. The lowest BCUT2D eigenvalue weighted by atomic mass is 10.1. The molecule has 0 aromatic heterocycles. The zero-order valence-electron chi connectivity index (χ0n) is 14.3. The van der Waals surface area contributed by atoms with Crippen molar-refractivity contribution in [2.75, 3.05) is 10.6 Å². The number of benzene rings is 3. The van der Waals surface area contributed by atoms with Crippen LogP contribution < -0.4 is 10.6 Å². The Labute approximate surface area is 164 Å². The first-order valence-electron chi connectivity index (χ1n) is 7.82. The van der Waals surface area contributed by atoms with Gasteiger partial charge in [-0.1, -0.05) is 18.2 Å². The van der Waals surface area contributed by atoms with E-state index in [2.05, 4.69) is 10.6 Å². The number of fused-ring (bicyclic) bond motifs is 1. The minimum atomic E-state index is -4.89. The summed E-state index contributed by atoms with van der Waals surface area (Å²) in [7, 11) is -9.54. The third kappa shape index (κ3) is 4.45. The molecular weight excluding hydrogens is 427 g/mol. The van der Waals surface area contributed by atoms with Crippen molar-refractivity contribution < 1.29 is 35.2 Å². The van der Waals surface area contributed by atoms with Crippen molar-refractivity contribution in [1.82, 2.24) is 0 Å². The van der Waals surface area contributed by atoms with Gasteiger partial charge in [0.05, 0.1) is 10.6 Å². The molecule has 4 N–H and O–H groups in total. The molecule has 0 spiro atoms. The van der Waals surface area contributed by atoms with E-state index in [4.69, 9.17) is 0 Å². The zero-order chi connectivity index (χ0) is 21.4. The van der Waals surface area contributed by atoms with Gasteiger partial charge in [0.2, 0.25) is 0 Å². The first-order valence-corrected chi connectivity index (χ1v) is 10.6. The van der Waals surface area contributed by atoms with Crippen LogP contribution in [-0.2, 0) is 20.3 Å². The fourth-order valence-corrected chi connectivity index (χ4v) is 3.84. The molecule has 29 heavy (non-hydrogen) atoms. The monoisotopic (exact) mass is 440 g/mol. The number of rotatable bonds is 4. The van der Waals surface area contributed by atoms with Gasteiger partial charge in [-0.05, 0) is 41.8 Å². The van der Waals surface area contributed by atoms with Crippen molar-refractivity contribution in [3.63, 3.8) is 0 Å². The maximum absolute atomic E-state index is 12.9. The number of anilines is 2. The fourth-order valence-electron chi connectivity index (χ4n) is 2.65. The molecule has 0 aliphatic carbocycles. The van der Waals surface area contributed by atoms with Gasteiger partial charge in [-0.2, -0.15) is 16.8 Å². The average molecular weight is 440 g/mol. The average Bonchev–Trinajstić information content (AvgIpc) is 2.62. The molecular formula is C17H13FN2O7S2. The van der Waals surface area contributed by atoms with Gasteiger partial charge in [0.25, 0.3) is 10.1 Å². The molecule has 0 fully saturated rings. The highest BCUT2D eigenvalue weighted by molar-refractivity contribution is 7.86. The summed E-state index contributed by atoms with van der Waals surface area (Å²) in [5, 5.41) is 14.9. The Morgan fingerprint density at radius 3 is 2.14 bits per heavy atom. The molecule has 0 unspecified atom stereocenters. The Balaban J connectivity index is 1.96. The number of phenols is 1. The van der Waals surface area contributed by atoms with Crippen LogP contribution in [0.25, 0.3) is 10.8 Å². The smallest absolute Gasteiger partial charge is 0.332 e. The lowest BCUT2D eigenvalue weighted by Gasteiger charge is -2.14. The molecule has 2 amide bonds. The second kappa shape index (κ2) is 7.31. The summed E-state index contributed by atoms with van der Waals surface area (Å²) in [6, 6.07) is 9.88. The summed E-state index contributed by atoms with van der Waals surface area (Å²) >= 11 is 0. The Bertz CT molecular complexity index is 1320. The van der Waals surface area contributed by atoms with Crippen LogP contribution in [0.5, 0.6) is 5.75 Å². The van der Waals surface area contributed by atoms with Gasteiger partial charge in [0.1, 0.15) is 10.6 Å². The van der Waals surface area contributed by atoms with Crippen LogP contribution in [0.15, 0.2) is 64.4 Å². The predicted octanol–water partition coefficient (Wildman–Crippen LogP) is 3.09. The number of carbonyl (C=O) groups excluding carboxylic acids is 1. The molecule has 0 atom stereocenters. The van der Waals surface area contributed by atoms with E-state index in [0.717, 1.165) is 30.3 Å². The highest BCUT2D eigenvalue weighted by atomic mass is 32.3. The van der Waals surface area contributed by atoms with Crippen LogP contribution in [0.1, 0.15) is 0 Å². The van der Waals surface area contributed by atoms with Crippen molar-refractivity contribution in [1.29, 1.82) is 0 Å². The Morgan fingerprint density at radius 2 is 1.55 bits per heavy atom. The fraction of sp³-hybridized carbons (Fsp3) is 0. The Morgan fingerprint density at radius 1 is 0.897 bits per heavy atom. The molecule has 0 saturated carbocycles. The Kier molecular flexibility index (Phi) is 5.17. The molecule has 0 aliphatic heterocycles. The van der Waals surface area contributed by atoms with Gasteiger partial charge < -0.3 is 15.7 Å².